The molecule has 0 aromatic heterocycles. The van der Waals surface area contributed by atoms with Gasteiger partial charge in [0.05, 0.1) is 0 Å². The molecule has 1 aliphatic rings. The summed E-state index contributed by atoms with van der Waals surface area (Å²) < 4.78 is 5.65. The van der Waals surface area contributed by atoms with Gasteiger partial charge in [-0.2, -0.15) is 0 Å². The van der Waals surface area contributed by atoms with Crippen LogP contribution >= 0.6 is 11.8 Å². The molecule has 1 fully saturated rings. The molecule has 7 nitrogen and oxygen atoms in total. The number of carbonyl (C=O) groups excluding carboxylic acids is 3. The monoisotopic (exact) mass is 385 g/mol. The number of rotatable bonds is 6. The molecule has 1 saturated heterocycles. The van der Waals surface area contributed by atoms with E-state index in [1.807, 2.05) is 30.3 Å². The second-order valence-electron chi connectivity index (χ2n) is 5.84. The van der Waals surface area contributed by atoms with Gasteiger partial charge in [-0.3, -0.25) is 25.2 Å². The number of benzene rings is 2. The minimum Gasteiger partial charge on any atom is -0.489 e. The maximum atomic E-state index is 12.1. The first kappa shape index (κ1) is 18.8. The number of ether oxygens (including phenoxy) is 1. The molecule has 0 unspecified atom stereocenters. The van der Waals surface area contributed by atoms with Crippen molar-refractivity contribution < 1.29 is 19.1 Å². The highest BCUT2D eigenvalue weighted by Gasteiger charge is 2.23. The fourth-order valence-corrected chi connectivity index (χ4v) is 3.24. The van der Waals surface area contributed by atoms with Crippen molar-refractivity contribution >= 4 is 28.8 Å². The molecule has 0 saturated carbocycles. The summed E-state index contributed by atoms with van der Waals surface area (Å²) in [6.45, 7) is 0.865. The Morgan fingerprint density at radius 2 is 1.78 bits per heavy atom. The Bertz CT molecular complexity index is 811. The lowest BCUT2D eigenvalue weighted by atomic mass is 10.1. The quantitative estimate of drug-likeness (QED) is 0.745. The van der Waals surface area contributed by atoms with E-state index in [9.17, 15) is 14.4 Å². The molecule has 0 spiro atoms. The highest BCUT2D eigenvalue weighted by atomic mass is 32.2. The van der Waals surface area contributed by atoms with E-state index in [1.165, 1.54) is 16.7 Å². The Morgan fingerprint density at radius 1 is 1.04 bits per heavy atom. The van der Waals surface area contributed by atoms with Gasteiger partial charge in [0.1, 0.15) is 18.9 Å². The van der Waals surface area contributed by atoms with Crippen LogP contribution in [0.1, 0.15) is 15.9 Å². The average molecular weight is 385 g/mol. The zero-order valence-electron chi connectivity index (χ0n) is 14.5. The second-order valence-corrected chi connectivity index (χ2v) is 6.88. The second kappa shape index (κ2) is 9.09. The Labute approximate surface area is 161 Å². The van der Waals surface area contributed by atoms with Gasteiger partial charge in [-0.1, -0.05) is 42.1 Å². The zero-order valence-corrected chi connectivity index (χ0v) is 15.3. The van der Waals surface area contributed by atoms with E-state index in [1.54, 1.807) is 24.3 Å². The third kappa shape index (κ3) is 5.49. The van der Waals surface area contributed by atoms with Crippen molar-refractivity contribution in [3.63, 3.8) is 0 Å². The van der Waals surface area contributed by atoms with Gasteiger partial charge in [-0.25, -0.2) is 0 Å². The first-order valence-electron chi connectivity index (χ1n) is 8.39. The summed E-state index contributed by atoms with van der Waals surface area (Å²) in [6, 6.07) is 16.4. The van der Waals surface area contributed by atoms with Crippen molar-refractivity contribution in [2.45, 2.75) is 6.61 Å². The zero-order chi connectivity index (χ0) is 19.1. The van der Waals surface area contributed by atoms with Crippen LogP contribution in [0, 0.1) is 0 Å². The number of para-hydroxylation sites is 1. The van der Waals surface area contributed by atoms with Crippen molar-refractivity contribution in [3.05, 3.63) is 65.7 Å². The van der Waals surface area contributed by atoms with Crippen LogP contribution in [0.15, 0.2) is 54.6 Å². The van der Waals surface area contributed by atoms with Gasteiger partial charge in [0, 0.05) is 17.9 Å². The van der Waals surface area contributed by atoms with Gasteiger partial charge in [0.15, 0.2) is 0 Å². The van der Waals surface area contributed by atoms with E-state index in [0.717, 1.165) is 11.3 Å². The van der Waals surface area contributed by atoms with Crippen LogP contribution in [0.3, 0.4) is 0 Å². The molecule has 27 heavy (non-hydrogen) atoms. The third-order valence-corrected chi connectivity index (χ3v) is 4.75. The van der Waals surface area contributed by atoms with Crippen molar-refractivity contribution in [1.29, 1.82) is 0 Å². The van der Waals surface area contributed by atoms with E-state index < -0.39 is 11.8 Å². The van der Waals surface area contributed by atoms with Gasteiger partial charge >= 0.3 is 0 Å². The van der Waals surface area contributed by atoms with Crippen LogP contribution in [-0.2, 0) is 11.4 Å². The van der Waals surface area contributed by atoms with Crippen LogP contribution in [-0.4, -0.2) is 40.8 Å². The summed E-state index contributed by atoms with van der Waals surface area (Å²) in [7, 11) is 0. The summed E-state index contributed by atoms with van der Waals surface area (Å²) >= 11 is 1.18. The molecule has 3 rings (SSSR count). The number of carbonyl (C=O) groups is 3. The standard InChI is InChI=1S/C19H19N3O4S/c23-17(12-22-10-11-27-19(22)25)20-21-18(24)15-8-6-14(7-9-15)13-26-16-4-2-1-3-5-16/h1-9H,10-13H2,(H,20,23)(H,21,24). The summed E-state index contributed by atoms with van der Waals surface area (Å²) in [4.78, 5) is 36.8. The molecular formula is C19H19N3O4S. The van der Waals surface area contributed by atoms with Gasteiger partial charge in [-0.05, 0) is 29.8 Å². The highest BCUT2D eigenvalue weighted by molar-refractivity contribution is 8.13. The Morgan fingerprint density at radius 3 is 2.44 bits per heavy atom. The number of hydrogen-bond acceptors (Lipinski definition) is 5. The van der Waals surface area contributed by atoms with Crippen molar-refractivity contribution in [2.24, 2.45) is 0 Å². The first-order valence-corrected chi connectivity index (χ1v) is 9.38. The number of hydrazine groups is 1. The van der Waals surface area contributed by atoms with E-state index in [-0.39, 0.29) is 11.8 Å². The number of nitrogens with zero attached hydrogens (tertiary/aromatic N) is 1. The van der Waals surface area contributed by atoms with Crippen molar-refractivity contribution in [1.82, 2.24) is 15.8 Å². The lowest BCUT2D eigenvalue weighted by Gasteiger charge is -2.14. The van der Waals surface area contributed by atoms with E-state index >= 15 is 0 Å². The number of nitrogens with one attached hydrogen (secondary N) is 2. The summed E-state index contributed by atoms with van der Waals surface area (Å²) in [5.74, 6) is 0.587. The molecule has 3 amide bonds. The molecule has 0 atom stereocenters. The van der Waals surface area contributed by atoms with E-state index in [2.05, 4.69) is 10.9 Å². The van der Waals surface area contributed by atoms with Crippen molar-refractivity contribution in [3.8, 4) is 5.75 Å². The molecule has 0 radical (unpaired) electrons. The molecule has 1 aliphatic heterocycles. The highest BCUT2D eigenvalue weighted by Crippen LogP contribution is 2.16. The number of thioether (sulfide) groups is 1. The molecule has 2 aromatic rings. The van der Waals surface area contributed by atoms with Crippen LogP contribution in [0.2, 0.25) is 0 Å². The largest absolute Gasteiger partial charge is 0.489 e. The summed E-state index contributed by atoms with van der Waals surface area (Å²) in [5.41, 5.74) is 6.00. The van der Waals surface area contributed by atoms with Gasteiger partial charge in [0.25, 0.3) is 17.1 Å². The Kier molecular flexibility index (Phi) is 6.32. The maximum Gasteiger partial charge on any atom is 0.282 e. The molecule has 2 N–H and O–H groups in total. The maximum absolute atomic E-state index is 12.1. The minimum atomic E-state index is -0.438. The lowest BCUT2D eigenvalue weighted by Crippen LogP contribution is -2.46. The van der Waals surface area contributed by atoms with Crippen LogP contribution < -0.4 is 15.6 Å². The van der Waals surface area contributed by atoms with Gasteiger partial charge in [-0.15, -0.1) is 0 Å². The van der Waals surface area contributed by atoms with Gasteiger partial charge < -0.3 is 9.64 Å². The van der Waals surface area contributed by atoms with E-state index in [0.29, 0.717) is 24.5 Å². The smallest absolute Gasteiger partial charge is 0.282 e. The molecule has 0 bridgehead atoms. The molecule has 8 heteroatoms. The predicted octanol–water partition coefficient (Wildman–Crippen LogP) is 2.20. The molecular weight excluding hydrogens is 366 g/mol. The fourth-order valence-electron chi connectivity index (χ4n) is 2.42. The first-order chi connectivity index (χ1) is 13.1. The van der Waals surface area contributed by atoms with Crippen LogP contribution in [0.5, 0.6) is 5.75 Å². The van der Waals surface area contributed by atoms with Gasteiger partial charge in [0.2, 0.25) is 0 Å². The molecule has 2 aromatic carbocycles. The minimum absolute atomic E-state index is 0.0676. The van der Waals surface area contributed by atoms with Crippen molar-refractivity contribution in [2.75, 3.05) is 18.8 Å². The summed E-state index contributed by atoms with van der Waals surface area (Å²) in [5, 5.41) is -0.121. The molecule has 140 valence electrons. The average Bonchev–Trinajstić information content (AvgIpc) is 3.10. The van der Waals surface area contributed by atoms with E-state index in [4.69, 9.17) is 4.74 Å². The number of hydrogen-bond donors (Lipinski definition) is 2. The molecule has 0 aliphatic carbocycles. The normalized spacial score (nSPS) is 13.3. The lowest BCUT2D eigenvalue weighted by molar-refractivity contribution is -0.122. The Hall–Kier alpha value is -3.00. The molecule has 1 heterocycles. The topological polar surface area (TPSA) is 87.7 Å². The van der Waals surface area contributed by atoms with Crippen LogP contribution in [0.25, 0.3) is 0 Å². The van der Waals surface area contributed by atoms with Crippen LogP contribution in [0.4, 0.5) is 4.79 Å². The fraction of sp³-hybridized carbons (Fsp3) is 0.211. The Balaban J connectivity index is 1.44. The summed E-state index contributed by atoms with van der Waals surface area (Å²) in [6.07, 6.45) is 0. The SMILES string of the molecule is O=C(CN1CCSC1=O)NNC(=O)c1ccc(COc2ccccc2)cc1. The predicted molar refractivity (Wildman–Crippen MR) is 102 cm³/mol. The third-order valence-electron chi connectivity index (χ3n) is 3.86. The number of amides is 3.